The van der Waals surface area contributed by atoms with Gasteiger partial charge >= 0.3 is 0 Å². The summed E-state index contributed by atoms with van der Waals surface area (Å²) >= 11 is 0. The number of pyridine rings is 2. The van der Waals surface area contributed by atoms with E-state index in [9.17, 15) is 18.8 Å². The molecule has 3 heterocycles. The second-order valence-corrected chi connectivity index (χ2v) is 10.8. The first-order valence-electron chi connectivity index (χ1n) is 14.6. The van der Waals surface area contributed by atoms with E-state index in [0.717, 1.165) is 11.6 Å². The molecule has 2 aromatic heterocycles. The van der Waals surface area contributed by atoms with Crippen molar-refractivity contribution in [1.29, 1.82) is 0 Å². The van der Waals surface area contributed by atoms with Gasteiger partial charge in [-0.2, -0.15) is 0 Å². The molecule has 0 unspecified atom stereocenters. The average Bonchev–Trinajstić information content (AvgIpc) is 3.26. The van der Waals surface area contributed by atoms with E-state index in [0.29, 0.717) is 42.1 Å². The van der Waals surface area contributed by atoms with Gasteiger partial charge in [-0.15, -0.1) is 0 Å². The number of aromatic nitrogens is 2. The largest absolute Gasteiger partial charge is 0.493 e. The molecular formula is C35H29F2N5O5. The molecule has 0 fully saturated rings. The van der Waals surface area contributed by atoms with Crippen LogP contribution in [0.15, 0.2) is 83.9 Å². The lowest BCUT2D eigenvalue weighted by Crippen LogP contribution is -2.31. The number of methoxy groups -OCH3 is 2. The topological polar surface area (TPSA) is 138 Å². The van der Waals surface area contributed by atoms with Crippen LogP contribution in [0.25, 0.3) is 33.4 Å². The van der Waals surface area contributed by atoms with E-state index in [2.05, 4.69) is 15.6 Å². The fraction of sp³-hybridized carbons (Fsp3) is 0.143. The van der Waals surface area contributed by atoms with Crippen LogP contribution in [0, 0.1) is 11.6 Å². The van der Waals surface area contributed by atoms with Crippen LogP contribution in [-0.4, -0.2) is 42.1 Å². The molecule has 1 aliphatic heterocycles. The molecule has 6 rings (SSSR count). The second-order valence-electron chi connectivity index (χ2n) is 10.8. The summed E-state index contributed by atoms with van der Waals surface area (Å²) < 4.78 is 41.6. The zero-order valence-corrected chi connectivity index (χ0v) is 25.4. The zero-order chi connectivity index (χ0) is 33.2. The Morgan fingerprint density at radius 2 is 1.66 bits per heavy atom. The number of carbonyl (C=O) groups is 2. The lowest BCUT2D eigenvalue weighted by Gasteiger charge is -2.16. The number of halogens is 2. The van der Waals surface area contributed by atoms with Crippen LogP contribution >= 0.6 is 0 Å². The van der Waals surface area contributed by atoms with Crippen molar-refractivity contribution in [3.05, 3.63) is 112 Å². The van der Waals surface area contributed by atoms with Crippen molar-refractivity contribution in [3.63, 3.8) is 0 Å². The Hall–Kier alpha value is -6.04. The lowest BCUT2D eigenvalue weighted by atomic mass is 9.99. The molecule has 0 radical (unpaired) electrons. The number of nitrogens with one attached hydrogen (secondary N) is 2. The monoisotopic (exact) mass is 637 g/mol. The molecule has 0 saturated heterocycles. The van der Waals surface area contributed by atoms with E-state index in [1.807, 2.05) is 6.07 Å². The Morgan fingerprint density at radius 3 is 2.38 bits per heavy atom. The molecule has 238 valence electrons. The Bertz CT molecular complexity index is 2100. The van der Waals surface area contributed by atoms with Gasteiger partial charge in [0.1, 0.15) is 28.7 Å². The van der Waals surface area contributed by atoms with Gasteiger partial charge < -0.3 is 30.4 Å². The number of hydrogen-bond donors (Lipinski definition) is 3. The highest BCUT2D eigenvalue weighted by Crippen LogP contribution is 2.36. The quantitative estimate of drug-likeness (QED) is 0.214. The van der Waals surface area contributed by atoms with E-state index in [4.69, 9.17) is 15.2 Å². The average molecular weight is 638 g/mol. The van der Waals surface area contributed by atoms with E-state index < -0.39 is 28.9 Å². The fourth-order valence-electron chi connectivity index (χ4n) is 5.54. The minimum absolute atomic E-state index is 0.0316. The molecule has 4 N–H and O–H groups in total. The van der Waals surface area contributed by atoms with Crippen molar-refractivity contribution < 1.29 is 27.8 Å². The first-order chi connectivity index (χ1) is 22.7. The van der Waals surface area contributed by atoms with E-state index in [1.54, 1.807) is 29.0 Å². The number of hydrogen-bond acceptors (Lipinski definition) is 7. The highest BCUT2D eigenvalue weighted by atomic mass is 19.1. The third-order valence-corrected chi connectivity index (χ3v) is 7.89. The maximum atomic E-state index is 15.6. The molecule has 12 heteroatoms. The number of anilines is 2. The van der Waals surface area contributed by atoms with Gasteiger partial charge in [-0.05, 0) is 66.1 Å². The number of nitrogen functional groups attached to an aromatic ring is 1. The Labute approximate surface area is 267 Å². The first kappa shape index (κ1) is 31.0. The summed E-state index contributed by atoms with van der Waals surface area (Å²) in [7, 11) is 3.06. The van der Waals surface area contributed by atoms with E-state index in [1.165, 1.54) is 56.8 Å². The molecule has 0 bridgehead atoms. The summed E-state index contributed by atoms with van der Waals surface area (Å²) in [6.45, 7) is 0.728. The number of ether oxygens (including phenoxy) is 2. The third kappa shape index (κ3) is 6.00. The normalized spacial score (nSPS) is 12.5. The van der Waals surface area contributed by atoms with Crippen molar-refractivity contribution in [2.24, 2.45) is 0 Å². The number of carbonyl (C=O) groups excluding carboxylic acids is 2. The molecule has 0 saturated carbocycles. The maximum Gasteiger partial charge on any atom is 0.268 e. The van der Waals surface area contributed by atoms with Gasteiger partial charge in [0.05, 0.1) is 19.8 Å². The Balaban J connectivity index is 1.33. The molecule has 3 aromatic carbocycles. The lowest BCUT2D eigenvalue weighted by molar-refractivity contribution is 0.0948. The molecule has 47 heavy (non-hydrogen) atoms. The first-order valence-corrected chi connectivity index (χ1v) is 14.6. The SMILES string of the molecule is COc1ccc(-c2cnc(N)c(-c3ccc(NC(=O)c4cn5c(c(-c6ccc(F)cc6)c4=O)C(=O)NCCC5)cc3F)c2)cc1OC. The van der Waals surface area contributed by atoms with Gasteiger partial charge in [0.2, 0.25) is 5.43 Å². The van der Waals surface area contributed by atoms with Crippen molar-refractivity contribution in [2.45, 2.75) is 13.0 Å². The molecule has 5 aromatic rings. The Kier molecular flexibility index (Phi) is 8.40. The van der Waals surface area contributed by atoms with Crippen molar-refractivity contribution >= 4 is 23.3 Å². The maximum absolute atomic E-state index is 15.6. The van der Waals surface area contributed by atoms with Gasteiger partial charge in [0.25, 0.3) is 11.8 Å². The molecule has 0 spiro atoms. The zero-order valence-electron chi connectivity index (χ0n) is 25.4. The van der Waals surface area contributed by atoms with Crippen LogP contribution in [0.3, 0.4) is 0 Å². The number of nitrogens with two attached hydrogens (primary N) is 1. The Morgan fingerprint density at radius 1 is 0.915 bits per heavy atom. The third-order valence-electron chi connectivity index (χ3n) is 7.89. The number of amides is 2. The number of rotatable bonds is 7. The summed E-state index contributed by atoms with van der Waals surface area (Å²) in [5, 5.41) is 5.34. The fourth-order valence-corrected chi connectivity index (χ4v) is 5.54. The number of fused-ring (bicyclic) bond motifs is 1. The van der Waals surface area contributed by atoms with Crippen molar-refractivity contribution in [1.82, 2.24) is 14.9 Å². The van der Waals surface area contributed by atoms with Crippen molar-refractivity contribution in [2.75, 3.05) is 31.8 Å². The van der Waals surface area contributed by atoms with Crippen LogP contribution in [-0.2, 0) is 6.54 Å². The van der Waals surface area contributed by atoms with Crippen molar-refractivity contribution in [3.8, 4) is 44.9 Å². The number of aryl methyl sites for hydroxylation is 1. The van der Waals surface area contributed by atoms with E-state index in [-0.39, 0.29) is 39.5 Å². The van der Waals surface area contributed by atoms with Gasteiger partial charge in [-0.25, -0.2) is 13.8 Å². The van der Waals surface area contributed by atoms with Crippen LogP contribution in [0.1, 0.15) is 27.3 Å². The minimum Gasteiger partial charge on any atom is -0.493 e. The second kappa shape index (κ2) is 12.8. The van der Waals surface area contributed by atoms with Crippen LogP contribution in [0.4, 0.5) is 20.3 Å². The predicted molar refractivity (Wildman–Crippen MR) is 174 cm³/mol. The molecule has 0 aliphatic carbocycles. The minimum atomic E-state index is -0.804. The summed E-state index contributed by atoms with van der Waals surface area (Å²) in [5.41, 5.74) is 7.45. The van der Waals surface area contributed by atoms with Gasteiger partial charge in [-0.3, -0.25) is 14.4 Å². The molecule has 0 atom stereocenters. The summed E-state index contributed by atoms with van der Waals surface area (Å²) in [6, 6.07) is 16.2. The van der Waals surface area contributed by atoms with Crippen LogP contribution < -0.4 is 31.3 Å². The van der Waals surface area contributed by atoms with Gasteiger partial charge in [0, 0.05) is 47.9 Å². The summed E-state index contributed by atoms with van der Waals surface area (Å²) in [5.74, 6) is -1.34. The highest BCUT2D eigenvalue weighted by Gasteiger charge is 2.27. The van der Waals surface area contributed by atoms with Crippen LogP contribution in [0.5, 0.6) is 11.5 Å². The molecule has 2 amide bonds. The predicted octanol–water partition coefficient (Wildman–Crippen LogP) is 5.51. The smallest absolute Gasteiger partial charge is 0.268 e. The summed E-state index contributed by atoms with van der Waals surface area (Å²) in [6.07, 6.45) is 3.44. The van der Waals surface area contributed by atoms with Crippen LogP contribution in [0.2, 0.25) is 0 Å². The van der Waals surface area contributed by atoms with Gasteiger partial charge in [-0.1, -0.05) is 18.2 Å². The summed E-state index contributed by atoms with van der Waals surface area (Å²) in [4.78, 5) is 44.4. The molecule has 10 nitrogen and oxygen atoms in total. The molecular weight excluding hydrogens is 608 g/mol. The standard InChI is InChI=1S/C35H29F2N5O5/c1-46-28-11-6-20(15-29(28)47-2)21-14-25(33(38)40-17-21)24-10-9-23(16-27(24)37)41-34(44)26-18-42-13-3-12-39-35(45)31(42)30(32(26)43)19-4-7-22(36)8-5-19/h4-11,14-18H,3,12-13H2,1-2H3,(H2,38,40)(H,39,45)(H,41,44). The van der Waals surface area contributed by atoms with E-state index >= 15 is 4.39 Å². The number of benzene rings is 3. The van der Waals surface area contributed by atoms with Gasteiger partial charge in [0.15, 0.2) is 11.5 Å². The molecule has 1 aliphatic rings. The number of nitrogens with zero attached hydrogens (tertiary/aromatic N) is 2. The highest BCUT2D eigenvalue weighted by molar-refractivity contribution is 6.07.